The highest BCUT2D eigenvalue weighted by molar-refractivity contribution is 5.78. The molecule has 5 nitrogen and oxygen atoms in total. The Labute approximate surface area is 141 Å². The summed E-state index contributed by atoms with van der Waals surface area (Å²) in [5, 5.41) is 7.37. The summed E-state index contributed by atoms with van der Waals surface area (Å²) < 4.78 is 1.78. The van der Waals surface area contributed by atoms with Crippen molar-refractivity contribution in [2.45, 2.75) is 19.9 Å². The zero-order valence-electron chi connectivity index (χ0n) is 13.9. The van der Waals surface area contributed by atoms with E-state index in [0.717, 1.165) is 28.2 Å². The van der Waals surface area contributed by atoms with Crippen LogP contribution in [0.2, 0.25) is 0 Å². The number of nitrogens with one attached hydrogen (secondary N) is 1. The third-order valence-corrected chi connectivity index (χ3v) is 3.77. The number of carbonyl (C=O) groups is 1. The molecule has 0 bridgehead atoms. The molecule has 0 spiro atoms. The molecule has 0 aliphatic rings. The summed E-state index contributed by atoms with van der Waals surface area (Å²) in [7, 11) is 1.88. The van der Waals surface area contributed by atoms with E-state index in [1.54, 1.807) is 10.9 Å². The van der Waals surface area contributed by atoms with Crippen molar-refractivity contribution in [3.8, 4) is 11.4 Å². The largest absolute Gasteiger partial charge is 0.350 e. The summed E-state index contributed by atoms with van der Waals surface area (Å²) >= 11 is 0. The SMILES string of the molecule is Cc1cccc(CC(=O)NCc2cc(-c3ccccn3)n(C)n2)c1. The van der Waals surface area contributed by atoms with Crippen molar-refractivity contribution in [2.75, 3.05) is 0 Å². The fourth-order valence-electron chi connectivity index (χ4n) is 2.63. The molecule has 3 aromatic rings. The normalized spacial score (nSPS) is 10.6. The Balaban J connectivity index is 1.62. The van der Waals surface area contributed by atoms with Gasteiger partial charge in [0.25, 0.3) is 0 Å². The lowest BCUT2D eigenvalue weighted by Crippen LogP contribution is -2.24. The second kappa shape index (κ2) is 7.08. The summed E-state index contributed by atoms with van der Waals surface area (Å²) in [4.78, 5) is 16.4. The Bertz CT molecular complexity index is 840. The first-order valence-corrected chi connectivity index (χ1v) is 7.88. The second-order valence-corrected chi connectivity index (χ2v) is 5.80. The predicted octanol–water partition coefficient (Wildman–Crippen LogP) is 2.65. The molecule has 0 fully saturated rings. The van der Waals surface area contributed by atoms with Crippen LogP contribution in [0.15, 0.2) is 54.7 Å². The number of amides is 1. The van der Waals surface area contributed by atoms with E-state index in [0.29, 0.717) is 13.0 Å². The number of aryl methyl sites for hydroxylation is 2. The van der Waals surface area contributed by atoms with Gasteiger partial charge in [0.05, 0.1) is 30.0 Å². The average molecular weight is 320 g/mol. The van der Waals surface area contributed by atoms with E-state index in [9.17, 15) is 4.79 Å². The van der Waals surface area contributed by atoms with Gasteiger partial charge in [-0.25, -0.2) is 0 Å². The molecule has 2 heterocycles. The molecule has 1 N–H and O–H groups in total. The number of pyridine rings is 1. The van der Waals surface area contributed by atoms with Gasteiger partial charge in [-0.15, -0.1) is 0 Å². The molecule has 1 aromatic carbocycles. The molecule has 0 radical (unpaired) electrons. The highest BCUT2D eigenvalue weighted by atomic mass is 16.1. The predicted molar refractivity (Wildman–Crippen MR) is 93.2 cm³/mol. The Kier molecular flexibility index (Phi) is 4.70. The Morgan fingerprint density at radius 1 is 1.17 bits per heavy atom. The zero-order valence-corrected chi connectivity index (χ0v) is 13.9. The van der Waals surface area contributed by atoms with Crippen LogP contribution < -0.4 is 5.32 Å². The number of hydrogen-bond acceptors (Lipinski definition) is 3. The van der Waals surface area contributed by atoms with E-state index in [4.69, 9.17) is 0 Å². The molecule has 24 heavy (non-hydrogen) atoms. The standard InChI is InChI=1S/C19H20N4O/c1-14-6-5-7-15(10-14)11-19(24)21-13-16-12-18(23(2)22-16)17-8-3-4-9-20-17/h3-10,12H,11,13H2,1-2H3,(H,21,24). The molecule has 2 aromatic heterocycles. The number of benzene rings is 1. The number of nitrogens with zero attached hydrogens (tertiary/aromatic N) is 3. The molecular formula is C19H20N4O. The zero-order chi connectivity index (χ0) is 16.9. The maximum Gasteiger partial charge on any atom is 0.224 e. The summed E-state index contributed by atoms with van der Waals surface area (Å²) in [5.74, 6) is -0.00867. The first kappa shape index (κ1) is 15.9. The number of carbonyl (C=O) groups excluding carboxylic acids is 1. The second-order valence-electron chi connectivity index (χ2n) is 5.80. The number of hydrogen-bond donors (Lipinski definition) is 1. The van der Waals surface area contributed by atoms with Crippen LogP contribution in [0.25, 0.3) is 11.4 Å². The van der Waals surface area contributed by atoms with E-state index >= 15 is 0 Å². The molecule has 0 unspecified atom stereocenters. The lowest BCUT2D eigenvalue weighted by atomic mass is 10.1. The van der Waals surface area contributed by atoms with Gasteiger partial charge in [-0.2, -0.15) is 5.10 Å². The van der Waals surface area contributed by atoms with Crippen LogP contribution in [0.4, 0.5) is 0 Å². The van der Waals surface area contributed by atoms with Gasteiger partial charge in [-0.1, -0.05) is 35.9 Å². The smallest absolute Gasteiger partial charge is 0.224 e. The van der Waals surface area contributed by atoms with Crippen molar-refractivity contribution in [3.63, 3.8) is 0 Å². The minimum absolute atomic E-state index is 0.00867. The van der Waals surface area contributed by atoms with Crippen molar-refractivity contribution < 1.29 is 4.79 Å². The fraction of sp³-hybridized carbons (Fsp3) is 0.211. The Morgan fingerprint density at radius 2 is 2.04 bits per heavy atom. The van der Waals surface area contributed by atoms with Gasteiger partial charge in [0.1, 0.15) is 0 Å². The lowest BCUT2D eigenvalue weighted by Gasteiger charge is -2.04. The van der Waals surface area contributed by atoms with E-state index in [1.807, 2.05) is 62.5 Å². The Hall–Kier alpha value is -2.95. The maximum atomic E-state index is 12.1. The van der Waals surface area contributed by atoms with E-state index in [2.05, 4.69) is 15.4 Å². The van der Waals surface area contributed by atoms with Gasteiger partial charge < -0.3 is 5.32 Å². The highest BCUT2D eigenvalue weighted by Crippen LogP contribution is 2.16. The van der Waals surface area contributed by atoms with Gasteiger partial charge in [-0.3, -0.25) is 14.5 Å². The lowest BCUT2D eigenvalue weighted by molar-refractivity contribution is -0.120. The average Bonchev–Trinajstić information content (AvgIpc) is 2.95. The van der Waals surface area contributed by atoms with Gasteiger partial charge in [0.15, 0.2) is 0 Å². The topological polar surface area (TPSA) is 59.8 Å². The minimum atomic E-state index is -0.00867. The van der Waals surface area contributed by atoms with Crippen molar-refractivity contribution >= 4 is 5.91 Å². The quantitative estimate of drug-likeness (QED) is 0.786. The molecule has 0 saturated heterocycles. The molecule has 0 saturated carbocycles. The van der Waals surface area contributed by atoms with Crippen molar-refractivity contribution in [2.24, 2.45) is 7.05 Å². The van der Waals surface area contributed by atoms with Crippen molar-refractivity contribution in [1.82, 2.24) is 20.1 Å². The Morgan fingerprint density at radius 3 is 2.79 bits per heavy atom. The molecule has 1 amide bonds. The van der Waals surface area contributed by atoms with Gasteiger partial charge in [-0.05, 0) is 30.7 Å². The first-order valence-electron chi connectivity index (χ1n) is 7.88. The minimum Gasteiger partial charge on any atom is -0.350 e. The maximum absolute atomic E-state index is 12.1. The molecule has 5 heteroatoms. The van der Waals surface area contributed by atoms with Gasteiger partial charge in [0, 0.05) is 13.2 Å². The van der Waals surface area contributed by atoms with Crippen LogP contribution >= 0.6 is 0 Å². The van der Waals surface area contributed by atoms with Crippen LogP contribution in [0.3, 0.4) is 0 Å². The number of aromatic nitrogens is 3. The molecule has 0 aliphatic carbocycles. The van der Waals surface area contributed by atoms with Crippen molar-refractivity contribution in [3.05, 3.63) is 71.5 Å². The molecular weight excluding hydrogens is 300 g/mol. The third-order valence-electron chi connectivity index (χ3n) is 3.77. The fourth-order valence-corrected chi connectivity index (χ4v) is 2.63. The van der Waals surface area contributed by atoms with Crippen LogP contribution in [0.1, 0.15) is 16.8 Å². The highest BCUT2D eigenvalue weighted by Gasteiger charge is 2.10. The molecule has 0 aliphatic heterocycles. The summed E-state index contributed by atoms with van der Waals surface area (Å²) in [6.45, 7) is 2.43. The van der Waals surface area contributed by atoms with Crippen LogP contribution in [0.5, 0.6) is 0 Å². The van der Waals surface area contributed by atoms with Crippen LogP contribution in [-0.4, -0.2) is 20.7 Å². The summed E-state index contributed by atoms with van der Waals surface area (Å²) in [5.41, 5.74) is 4.78. The summed E-state index contributed by atoms with van der Waals surface area (Å²) in [6, 6.07) is 15.7. The third kappa shape index (κ3) is 3.87. The van der Waals surface area contributed by atoms with Crippen LogP contribution in [0, 0.1) is 6.92 Å². The van der Waals surface area contributed by atoms with E-state index in [1.165, 1.54) is 0 Å². The number of rotatable bonds is 5. The molecule has 0 atom stereocenters. The van der Waals surface area contributed by atoms with E-state index < -0.39 is 0 Å². The first-order chi connectivity index (χ1) is 11.6. The summed E-state index contributed by atoms with van der Waals surface area (Å²) in [6.07, 6.45) is 2.13. The van der Waals surface area contributed by atoms with E-state index in [-0.39, 0.29) is 5.91 Å². The van der Waals surface area contributed by atoms with Crippen LogP contribution in [-0.2, 0) is 24.8 Å². The molecule has 3 rings (SSSR count). The monoisotopic (exact) mass is 320 g/mol. The van der Waals surface area contributed by atoms with Gasteiger partial charge >= 0.3 is 0 Å². The van der Waals surface area contributed by atoms with Gasteiger partial charge in [0.2, 0.25) is 5.91 Å². The molecule has 122 valence electrons. The van der Waals surface area contributed by atoms with Crippen molar-refractivity contribution in [1.29, 1.82) is 0 Å².